The number of primary amides is 1. The molecule has 0 fully saturated rings. The Morgan fingerprint density at radius 1 is 1.33 bits per heavy atom. The number of hydrogen-bond acceptors (Lipinski definition) is 2. The molecule has 1 aliphatic heterocycles. The first-order valence-electron chi connectivity index (χ1n) is 3.55. The average molecular weight is 161 g/mol. The second-order valence-corrected chi connectivity index (χ2v) is 2.51. The van der Waals surface area contributed by atoms with Crippen molar-refractivity contribution in [2.45, 2.75) is 0 Å². The summed E-state index contributed by atoms with van der Waals surface area (Å²) in [6.45, 7) is 0. The second kappa shape index (κ2) is 2.37. The van der Waals surface area contributed by atoms with E-state index < -0.39 is 5.91 Å². The van der Waals surface area contributed by atoms with Gasteiger partial charge >= 0.3 is 0 Å². The van der Waals surface area contributed by atoms with E-state index in [-0.39, 0.29) is 0 Å². The minimum atomic E-state index is -0.458. The summed E-state index contributed by atoms with van der Waals surface area (Å²) in [6.07, 6.45) is 1.52. The molecule has 0 radical (unpaired) electrons. The van der Waals surface area contributed by atoms with Crippen molar-refractivity contribution in [3.63, 3.8) is 0 Å². The maximum Gasteiger partial charge on any atom is 0.252 e. The Morgan fingerprint density at radius 2 is 2.17 bits per heavy atom. The molecule has 1 heterocycles. The molecule has 2 N–H and O–H groups in total. The lowest BCUT2D eigenvalue weighted by Gasteiger charge is -1.97. The lowest BCUT2D eigenvalue weighted by atomic mass is 10.2. The van der Waals surface area contributed by atoms with Crippen molar-refractivity contribution < 1.29 is 9.21 Å². The van der Waals surface area contributed by atoms with Gasteiger partial charge in [-0.1, -0.05) is 6.07 Å². The molecule has 0 spiro atoms. The van der Waals surface area contributed by atoms with Gasteiger partial charge in [-0.25, -0.2) is 0 Å². The number of carbonyl (C=O) groups is 1. The van der Waals surface area contributed by atoms with Crippen molar-refractivity contribution in [1.29, 1.82) is 0 Å². The summed E-state index contributed by atoms with van der Waals surface area (Å²) in [4.78, 5) is 10.8. The Morgan fingerprint density at radius 3 is 2.92 bits per heavy atom. The van der Waals surface area contributed by atoms with Crippen molar-refractivity contribution in [2.75, 3.05) is 0 Å². The molecule has 0 saturated carbocycles. The van der Waals surface area contributed by atoms with Crippen molar-refractivity contribution >= 4 is 5.91 Å². The summed E-state index contributed by atoms with van der Waals surface area (Å²) in [6, 6.07) is 7.10. The molecular formula is C9H7NO2. The highest BCUT2D eigenvalue weighted by atomic mass is 16.3. The van der Waals surface area contributed by atoms with Crippen molar-refractivity contribution in [3.8, 4) is 11.3 Å². The lowest BCUT2D eigenvalue weighted by molar-refractivity contribution is 0.1000. The molecule has 1 amide bonds. The van der Waals surface area contributed by atoms with Gasteiger partial charge in [0.2, 0.25) is 0 Å². The Balaban J connectivity index is 2.67. The third-order valence-electron chi connectivity index (χ3n) is 1.74. The fourth-order valence-corrected chi connectivity index (χ4v) is 1.19. The third-order valence-corrected chi connectivity index (χ3v) is 1.74. The summed E-state index contributed by atoms with van der Waals surface area (Å²) in [5, 5.41) is 0. The Labute approximate surface area is 69.1 Å². The van der Waals surface area contributed by atoms with E-state index in [1.807, 2.05) is 6.07 Å². The van der Waals surface area contributed by atoms with Crippen LogP contribution in [-0.4, -0.2) is 5.91 Å². The standard InChI is InChI=1S/C9H7NO2/c10-9(11)7-4-3-6-2-1-5-12-8(6)7/h1-5H,(H2,10,11). The van der Waals surface area contributed by atoms with Gasteiger partial charge in [0.1, 0.15) is 5.76 Å². The SMILES string of the molecule is NC(=O)c1ccc2cccoc1-2. The first-order valence-corrected chi connectivity index (χ1v) is 3.55. The molecule has 3 nitrogen and oxygen atoms in total. The molecule has 0 unspecified atom stereocenters. The van der Waals surface area contributed by atoms with Gasteiger partial charge in [0, 0.05) is 5.56 Å². The normalized spacial score (nSPS) is 10.3. The maximum atomic E-state index is 10.8. The van der Waals surface area contributed by atoms with Crippen molar-refractivity contribution in [1.82, 2.24) is 0 Å². The number of hydrogen-bond donors (Lipinski definition) is 1. The van der Waals surface area contributed by atoms with Crippen LogP contribution in [0.3, 0.4) is 0 Å². The molecule has 2 aliphatic rings. The third kappa shape index (κ3) is 0.871. The number of nitrogens with two attached hydrogens (primary N) is 1. The quantitative estimate of drug-likeness (QED) is 0.688. The molecule has 12 heavy (non-hydrogen) atoms. The minimum absolute atomic E-state index is 0.436. The predicted octanol–water partition coefficient (Wildman–Crippen LogP) is 1.48. The van der Waals surface area contributed by atoms with Crippen LogP contribution in [0.15, 0.2) is 34.9 Å². The van der Waals surface area contributed by atoms with Crippen molar-refractivity contribution in [3.05, 3.63) is 36.1 Å². The number of fused-ring (bicyclic) bond motifs is 1. The van der Waals surface area contributed by atoms with E-state index in [1.165, 1.54) is 6.26 Å². The minimum Gasteiger partial charge on any atom is -0.464 e. The van der Waals surface area contributed by atoms with Gasteiger partial charge in [-0.15, -0.1) is 0 Å². The molecule has 0 saturated heterocycles. The Bertz CT molecular complexity index is 392. The van der Waals surface area contributed by atoms with E-state index in [0.29, 0.717) is 11.3 Å². The van der Waals surface area contributed by atoms with E-state index in [1.54, 1.807) is 18.2 Å². The molecule has 0 aromatic heterocycles. The lowest BCUT2D eigenvalue weighted by Crippen LogP contribution is -2.10. The molecule has 0 aromatic rings. The summed E-state index contributed by atoms with van der Waals surface area (Å²) >= 11 is 0. The van der Waals surface area contributed by atoms with Gasteiger partial charge < -0.3 is 10.2 Å². The highest BCUT2D eigenvalue weighted by Gasteiger charge is 2.14. The van der Waals surface area contributed by atoms with Crippen molar-refractivity contribution in [2.24, 2.45) is 5.73 Å². The van der Waals surface area contributed by atoms with Gasteiger partial charge in [-0.05, 0) is 18.2 Å². The Kier molecular flexibility index (Phi) is 1.37. The molecule has 1 aliphatic carbocycles. The summed E-state index contributed by atoms with van der Waals surface area (Å²) in [5.41, 5.74) is 6.46. The topological polar surface area (TPSA) is 56.2 Å². The zero-order valence-corrected chi connectivity index (χ0v) is 6.28. The van der Waals surface area contributed by atoms with Gasteiger partial charge in [0.15, 0.2) is 0 Å². The maximum absolute atomic E-state index is 10.8. The summed E-state index contributed by atoms with van der Waals surface area (Å²) < 4.78 is 5.14. The molecule has 0 aromatic carbocycles. The van der Waals surface area contributed by atoms with Crippen LogP contribution in [0.25, 0.3) is 11.3 Å². The van der Waals surface area contributed by atoms with Gasteiger partial charge in [0.05, 0.1) is 11.8 Å². The fraction of sp³-hybridized carbons (Fsp3) is 0. The van der Waals surface area contributed by atoms with Crippen LogP contribution in [0.2, 0.25) is 0 Å². The monoisotopic (exact) mass is 161 g/mol. The highest BCUT2D eigenvalue weighted by molar-refractivity contribution is 5.99. The van der Waals surface area contributed by atoms with Crippen LogP contribution >= 0.6 is 0 Å². The zero-order chi connectivity index (χ0) is 8.55. The summed E-state index contributed by atoms with van der Waals surface area (Å²) in [5.74, 6) is 0.102. The Hall–Kier alpha value is -1.77. The molecular weight excluding hydrogens is 154 g/mol. The van der Waals surface area contributed by atoms with E-state index in [9.17, 15) is 4.79 Å². The van der Waals surface area contributed by atoms with Crippen LogP contribution in [0.5, 0.6) is 0 Å². The van der Waals surface area contributed by atoms with Gasteiger partial charge in [-0.3, -0.25) is 4.79 Å². The smallest absolute Gasteiger partial charge is 0.252 e. The number of rotatable bonds is 1. The summed E-state index contributed by atoms with van der Waals surface area (Å²) in [7, 11) is 0. The van der Waals surface area contributed by atoms with Gasteiger partial charge in [-0.2, -0.15) is 0 Å². The van der Waals surface area contributed by atoms with E-state index in [0.717, 1.165) is 5.56 Å². The van der Waals surface area contributed by atoms with Crippen LogP contribution in [-0.2, 0) is 0 Å². The highest BCUT2D eigenvalue weighted by Crippen LogP contribution is 2.26. The van der Waals surface area contributed by atoms with Crippen LogP contribution in [0.1, 0.15) is 10.4 Å². The molecule has 0 atom stereocenters. The predicted molar refractivity (Wildman–Crippen MR) is 43.8 cm³/mol. The van der Waals surface area contributed by atoms with Crippen LogP contribution in [0, 0.1) is 0 Å². The van der Waals surface area contributed by atoms with Gasteiger partial charge in [0.25, 0.3) is 5.91 Å². The van der Waals surface area contributed by atoms with Crippen LogP contribution in [0.4, 0.5) is 0 Å². The largest absolute Gasteiger partial charge is 0.464 e. The first-order chi connectivity index (χ1) is 5.79. The molecule has 60 valence electrons. The number of amides is 1. The van der Waals surface area contributed by atoms with Crippen LogP contribution < -0.4 is 5.73 Å². The molecule has 0 bridgehead atoms. The first kappa shape index (κ1) is 6.91. The second-order valence-electron chi connectivity index (χ2n) is 2.51. The van der Waals surface area contributed by atoms with E-state index >= 15 is 0 Å². The fourth-order valence-electron chi connectivity index (χ4n) is 1.19. The zero-order valence-electron chi connectivity index (χ0n) is 6.28. The number of carbonyl (C=O) groups excluding carboxylic acids is 1. The van der Waals surface area contributed by atoms with E-state index in [4.69, 9.17) is 10.2 Å². The molecule has 2 rings (SSSR count). The van der Waals surface area contributed by atoms with E-state index in [2.05, 4.69) is 0 Å². The average Bonchev–Trinajstić information content (AvgIpc) is 2.47. The molecule has 3 heteroatoms.